The molecule has 1 nitrogen and oxygen atoms in total. The smallest absolute Gasteiger partial charge is 0.146 e. The lowest BCUT2D eigenvalue weighted by molar-refractivity contribution is -0.104. The molecule has 1 aromatic rings. The van der Waals surface area contributed by atoms with Gasteiger partial charge in [0.2, 0.25) is 0 Å². The molecular formula is C11H11FO. The molecule has 0 N–H and O–H groups in total. The predicted octanol–water partition coefficient (Wildman–Crippen LogP) is 2.82. The standard InChI is InChI=1S/C11H11FO/c1-2-9(8-13)7-10-5-3-4-6-11(10)12/h3-8H,2H2,1H3/b9-7-. The molecule has 13 heavy (non-hydrogen) atoms. The van der Waals surface area contributed by atoms with E-state index < -0.39 is 0 Å². The van der Waals surface area contributed by atoms with Crippen molar-refractivity contribution in [1.82, 2.24) is 0 Å². The van der Waals surface area contributed by atoms with Crippen LogP contribution in [0, 0.1) is 5.82 Å². The minimum atomic E-state index is -0.296. The van der Waals surface area contributed by atoms with Gasteiger partial charge in [-0.2, -0.15) is 0 Å². The lowest BCUT2D eigenvalue weighted by Crippen LogP contribution is -1.85. The van der Waals surface area contributed by atoms with Crippen LogP contribution in [0.3, 0.4) is 0 Å². The maximum absolute atomic E-state index is 13.1. The summed E-state index contributed by atoms with van der Waals surface area (Å²) in [5, 5.41) is 0. The fourth-order valence-corrected chi connectivity index (χ4v) is 1.01. The van der Waals surface area contributed by atoms with Crippen molar-refractivity contribution in [3.05, 3.63) is 41.2 Å². The zero-order valence-corrected chi connectivity index (χ0v) is 7.46. The molecule has 68 valence electrons. The molecule has 2 heteroatoms. The second-order valence-electron chi connectivity index (χ2n) is 2.71. The van der Waals surface area contributed by atoms with Gasteiger partial charge in [0.1, 0.15) is 12.1 Å². The molecule has 0 fully saturated rings. The monoisotopic (exact) mass is 178 g/mol. The van der Waals surface area contributed by atoms with Gasteiger partial charge in [0.15, 0.2) is 0 Å². The van der Waals surface area contributed by atoms with Crippen molar-refractivity contribution < 1.29 is 9.18 Å². The van der Waals surface area contributed by atoms with Crippen molar-refractivity contribution in [2.75, 3.05) is 0 Å². The molecule has 0 aliphatic rings. The molecule has 1 rings (SSSR count). The number of hydrogen-bond donors (Lipinski definition) is 0. The number of carbonyl (C=O) groups excluding carboxylic acids is 1. The lowest BCUT2D eigenvalue weighted by atomic mass is 10.1. The third-order valence-corrected chi connectivity index (χ3v) is 1.81. The molecule has 0 heterocycles. The van der Waals surface area contributed by atoms with Crippen LogP contribution in [-0.4, -0.2) is 6.29 Å². The molecule has 0 saturated carbocycles. The largest absolute Gasteiger partial charge is 0.298 e. The van der Waals surface area contributed by atoms with E-state index in [1.807, 2.05) is 6.92 Å². The van der Waals surface area contributed by atoms with E-state index >= 15 is 0 Å². The summed E-state index contributed by atoms with van der Waals surface area (Å²) >= 11 is 0. The molecule has 0 aromatic heterocycles. The van der Waals surface area contributed by atoms with Crippen LogP contribution < -0.4 is 0 Å². The summed E-state index contributed by atoms with van der Waals surface area (Å²) < 4.78 is 13.1. The summed E-state index contributed by atoms with van der Waals surface area (Å²) in [6.45, 7) is 1.86. The van der Waals surface area contributed by atoms with E-state index in [2.05, 4.69) is 0 Å². The molecule has 0 aliphatic carbocycles. The Kier molecular flexibility index (Phi) is 3.38. The molecule has 0 radical (unpaired) electrons. The fourth-order valence-electron chi connectivity index (χ4n) is 1.01. The Morgan fingerprint density at radius 2 is 2.15 bits per heavy atom. The third-order valence-electron chi connectivity index (χ3n) is 1.81. The Morgan fingerprint density at radius 3 is 2.69 bits per heavy atom. The van der Waals surface area contributed by atoms with Crippen molar-refractivity contribution in [3.63, 3.8) is 0 Å². The second-order valence-corrected chi connectivity index (χ2v) is 2.71. The van der Waals surface area contributed by atoms with Gasteiger partial charge in [0.25, 0.3) is 0 Å². The van der Waals surface area contributed by atoms with Crippen LogP contribution >= 0.6 is 0 Å². The van der Waals surface area contributed by atoms with Gasteiger partial charge < -0.3 is 0 Å². The molecule has 1 aromatic carbocycles. The van der Waals surface area contributed by atoms with E-state index in [0.29, 0.717) is 17.6 Å². The Labute approximate surface area is 76.9 Å². The Hall–Kier alpha value is -1.44. The number of halogens is 1. The van der Waals surface area contributed by atoms with Crippen LogP contribution in [0.1, 0.15) is 18.9 Å². The third kappa shape index (κ3) is 2.51. The van der Waals surface area contributed by atoms with Gasteiger partial charge in [-0.3, -0.25) is 4.79 Å². The predicted molar refractivity (Wildman–Crippen MR) is 50.7 cm³/mol. The molecule has 0 unspecified atom stereocenters. The van der Waals surface area contributed by atoms with Crippen LogP contribution in [0.15, 0.2) is 29.8 Å². The number of benzene rings is 1. The Morgan fingerprint density at radius 1 is 1.46 bits per heavy atom. The second kappa shape index (κ2) is 4.55. The maximum atomic E-state index is 13.1. The number of hydrogen-bond acceptors (Lipinski definition) is 1. The van der Waals surface area contributed by atoms with Crippen LogP contribution in [0.5, 0.6) is 0 Å². The number of carbonyl (C=O) groups is 1. The minimum Gasteiger partial charge on any atom is -0.298 e. The number of rotatable bonds is 3. The highest BCUT2D eigenvalue weighted by atomic mass is 19.1. The zero-order chi connectivity index (χ0) is 9.68. The molecule has 0 spiro atoms. The highest BCUT2D eigenvalue weighted by molar-refractivity contribution is 5.81. The van der Waals surface area contributed by atoms with E-state index in [-0.39, 0.29) is 5.82 Å². The van der Waals surface area contributed by atoms with Crippen LogP contribution in [0.2, 0.25) is 0 Å². The summed E-state index contributed by atoms with van der Waals surface area (Å²) in [6.07, 6.45) is 2.95. The first kappa shape index (κ1) is 9.65. The lowest BCUT2D eigenvalue weighted by Gasteiger charge is -1.97. The van der Waals surface area contributed by atoms with Gasteiger partial charge in [-0.1, -0.05) is 25.1 Å². The molecule has 0 atom stereocenters. The SMILES string of the molecule is CC/C(C=O)=C/c1ccccc1F. The van der Waals surface area contributed by atoms with Crippen molar-refractivity contribution >= 4 is 12.4 Å². The first-order chi connectivity index (χ1) is 6.27. The highest BCUT2D eigenvalue weighted by Gasteiger charge is 1.98. The van der Waals surface area contributed by atoms with E-state index in [0.717, 1.165) is 6.29 Å². The van der Waals surface area contributed by atoms with Crippen LogP contribution in [0.4, 0.5) is 4.39 Å². The molecule has 0 amide bonds. The topological polar surface area (TPSA) is 17.1 Å². The average molecular weight is 178 g/mol. The van der Waals surface area contributed by atoms with Gasteiger partial charge in [0.05, 0.1) is 0 Å². The minimum absolute atomic E-state index is 0.296. The zero-order valence-electron chi connectivity index (χ0n) is 7.46. The molecule has 0 saturated heterocycles. The van der Waals surface area contributed by atoms with Crippen LogP contribution in [-0.2, 0) is 4.79 Å². The fraction of sp³-hybridized carbons (Fsp3) is 0.182. The van der Waals surface area contributed by atoms with Crippen molar-refractivity contribution in [2.45, 2.75) is 13.3 Å². The van der Waals surface area contributed by atoms with E-state index in [4.69, 9.17) is 0 Å². The molecule has 0 bridgehead atoms. The Balaban J connectivity index is 3.02. The first-order valence-electron chi connectivity index (χ1n) is 4.18. The summed E-state index contributed by atoms with van der Waals surface area (Å²) in [5.41, 5.74) is 1.07. The summed E-state index contributed by atoms with van der Waals surface area (Å²) in [5.74, 6) is -0.296. The number of aldehydes is 1. The van der Waals surface area contributed by atoms with Gasteiger partial charge in [-0.15, -0.1) is 0 Å². The van der Waals surface area contributed by atoms with E-state index in [9.17, 15) is 9.18 Å². The van der Waals surface area contributed by atoms with E-state index in [1.165, 1.54) is 6.07 Å². The normalized spacial score (nSPS) is 11.4. The van der Waals surface area contributed by atoms with Crippen LogP contribution in [0.25, 0.3) is 6.08 Å². The summed E-state index contributed by atoms with van der Waals surface area (Å²) in [7, 11) is 0. The van der Waals surface area contributed by atoms with Crippen molar-refractivity contribution in [3.8, 4) is 0 Å². The quantitative estimate of drug-likeness (QED) is 0.513. The van der Waals surface area contributed by atoms with E-state index in [1.54, 1.807) is 24.3 Å². The highest BCUT2D eigenvalue weighted by Crippen LogP contribution is 2.11. The van der Waals surface area contributed by atoms with Gasteiger partial charge >= 0.3 is 0 Å². The number of allylic oxidation sites excluding steroid dienone is 1. The van der Waals surface area contributed by atoms with Gasteiger partial charge in [0, 0.05) is 5.56 Å². The molecular weight excluding hydrogens is 167 g/mol. The van der Waals surface area contributed by atoms with Gasteiger partial charge in [-0.05, 0) is 24.1 Å². The van der Waals surface area contributed by atoms with Crippen molar-refractivity contribution in [2.24, 2.45) is 0 Å². The maximum Gasteiger partial charge on any atom is 0.146 e. The first-order valence-corrected chi connectivity index (χ1v) is 4.18. The summed E-state index contributed by atoms with van der Waals surface area (Å²) in [4.78, 5) is 10.5. The Bertz CT molecular complexity index is 329. The van der Waals surface area contributed by atoms with Gasteiger partial charge in [-0.25, -0.2) is 4.39 Å². The molecule has 0 aliphatic heterocycles. The average Bonchev–Trinajstić information content (AvgIpc) is 2.17. The van der Waals surface area contributed by atoms with Crippen molar-refractivity contribution in [1.29, 1.82) is 0 Å². The summed E-state index contributed by atoms with van der Waals surface area (Å²) in [6, 6.07) is 6.39.